The van der Waals surface area contributed by atoms with Gasteiger partial charge in [-0.3, -0.25) is 9.36 Å². The Balaban J connectivity index is 1.64. The number of hydrogen-bond donors (Lipinski definition) is 0. The molecule has 3 heterocycles. The number of amides is 1. The van der Waals surface area contributed by atoms with Crippen LogP contribution in [0.25, 0.3) is 11.5 Å². The van der Waals surface area contributed by atoms with Crippen LogP contribution in [0.4, 0.5) is 19.0 Å². The Morgan fingerprint density at radius 2 is 1.77 bits per heavy atom. The van der Waals surface area contributed by atoms with Gasteiger partial charge >= 0.3 is 6.18 Å². The number of benzene rings is 1. The zero-order valence-corrected chi connectivity index (χ0v) is 17.1. The predicted octanol–water partition coefficient (Wildman–Crippen LogP) is 3.11. The van der Waals surface area contributed by atoms with Gasteiger partial charge in [-0.1, -0.05) is 0 Å². The van der Waals surface area contributed by atoms with Crippen LogP contribution in [-0.4, -0.2) is 58.1 Å². The Bertz CT molecular complexity index is 1110. The van der Waals surface area contributed by atoms with Gasteiger partial charge in [-0.25, -0.2) is 0 Å². The third-order valence-electron chi connectivity index (χ3n) is 4.60. The molecule has 0 saturated carbocycles. The molecule has 4 rings (SSSR count). The van der Waals surface area contributed by atoms with Crippen LogP contribution < -0.4 is 4.90 Å². The van der Waals surface area contributed by atoms with Crippen molar-refractivity contribution in [1.29, 1.82) is 0 Å². The van der Waals surface area contributed by atoms with Gasteiger partial charge in [0.2, 0.25) is 17.1 Å². The van der Waals surface area contributed by atoms with Crippen LogP contribution in [-0.2, 0) is 17.5 Å². The monoisotopic (exact) mass is 456 g/mol. The van der Waals surface area contributed by atoms with Crippen LogP contribution in [0, 0.1) is 0 Å². The lowest BCUT2D eigenvalue weighted by Crippen LogP contribution is -2.37. The van der Waals surface area contributed by atoms with Crippen molar-refractivity contribution in [2.45, 2.75) is 12.7 Å². The maximum atomic E-state index is 12.8. The third-order valence-corrected chi connectivity index (χ3v) is 4.89. The maximum Gasteiger partial charge on any atom is 0.416 e. The highest BCUT2D eigenvalue weighted by molar-refractivity contribution is 6.29. The molecule has 2 aromatic heterocycles. The molecule has 1 aliphatic heterocycles. The summed E-state index contributed by atoms with van der Waals surface area (Å²) in [6, 6.07) is 4.35. The highest BCUT2D eigenvalue weighted by Gasteiger charge is 2.31. The number of halogens is 4. The van der Waals surface area contributed by atoms with Gasteiger partial charge in [0, 0.05) is 19.7 Å². The number of nitrogens with zero attached hydrogens (tertiary/aromatic N) is 6. The Hall–Kier alpha value is -3.12. The summed E-state index contributed by atoms with van der Waals surface area (Å²) in [6.45, 7) is 0.240. The van der Waals surface area contributed by atoms with Crippen molar-refractivity contribution in [1.82, 2.24) is 24.6 Å². The topological polar surface area (TPSA) is 89.5 Å². The Morgan fingerprint density at radius 3 is 2.45 bits per heavy atom. The molecule has 9 nitrogen and oxygen atoms in total. The first-order valence-corrected chi connectivity index (χ1v) is 9.33. The number of carbonyl (C=O) groups excluding carboxylic acids is 1. The van der Waals surface area contributed by atoms with Gasteiger partial charge in [-0.05, 0) is 35.9 Å². The fourth-order valence-corrected chi connectivity index (χ4v) is 3.25. The highest BCUT2D eigenvalue weighted by atomic mass is 35.5. The number of hydrogen-bond acceptors (Lipinski definition) is 7. The predicted molar refractivity (Wildman–Crippen MR) is 102 cm³/mol. The quantitative estimate of drug-likeness (QED) is 0.598. The molecule has 0 saturated heterocycles. The lowest BCUT2D eigenvalue weighted by molar-refractivity contribution is -0.137. The largest absolute Gasteiger partial charge is 0.419 e. The molecule has 1 aliphatic rings. The molecule has 0 unspecified atom stereocenters. The Kier molecular flexibility index (Phi) is 5.35. The summed E-state index contributed by atoms with van der Waals surface area (Å²) < 4.78 is 50.6. The Morgan fingerprint density at radius 1 is 1.10 bits per heavy atom. The molecule has 31 heavy (non-hydrogen) atoms. The fourth-order valence-electron chi connectivity index (χ4n) is 3.02. The van der Waals surface area contributed by atoms with Gasteiger partial charge in [0.25, 0.3) is 5.91 Å². The van der Waals surface area contributed by atoms with Crippen LogP contribution in [0.15, 0.2) is 28.7 Å². The number of imidazole rings is 1. The van der Waals surface area contributed by atoms with E-state index in [0.29, 0.717) is 11.4 Å². The van der Waals surface area contributed by atoms with E-state index < -0.39 is 11.7 Å². The summed E-state index contributed by atoms with van der Waals surface area (Å²) in [5.41, 5.74) is -0.227. The third kappa shape index (κ3) is 4.08. The van der Waals surface area contributed by atoms with Crippen molar-refractivity contribution in [3.8, 4) is 11.5 Å². The SMILES string of the molecule is CN1COCN(C)c2nc(Cl)n(Cc3nnc(-c4ccc(C(F)(F)F)cc4)o3)c2C1=O. The minimum absolute atomic E-state index is 0.0368. The molecular formula is C18H16ClF3N6O3. The molecule has 164 valence electrons. The second-order valence-electron chi connectivity index (χ2n) is 6.88. The molecule has 1 aromatic carbocycles. The molecule has 0 radical (unpaired) electrons. The number of rotatable bonds is 3. The first-order valence-electron chi connectivity index (χ1n) is 8.95. The van der Waals surface area contributed by atoms with E-state index in [2.05, 4.69) is 15.2 Å². The summed E-state index contributed by atoms with van der Waals surface area (Å²) in [5, 5.41) is 7.84. The van der Waals surface area contributed by atoms with Crippen molar-refractivity contribution in [3.05, 3.63) is 46.7 Å². The van der Waals surface area contributed by atoms with Crippen LogP contribution in [0.3, 0.4) is 0 Å². The zero-order chi connectivity index (χ0) is 22.3. The molecule has 0 atom stereocenters. The molecule has 0 spiro atoms. The molecule has 13 heteroatoms. The first-order chi connectivity index (χ1) is 14.6. The summed E-state index contributed by atoms with van der Waals surface area (Å²) in [6.07, 6.45) is -4.44. The van der Waals surface area contributed by atoms with Gasteiger partial charge < -0.3 is 19.0 Å². The minimum Gasteiger partial charge on any atom is -0.419 e. The van der Waals surface area contributed by atoms with E-state index in [4.69, 9.17) is 20.8 Å². The molecular weight excluding hydrogens is 441 g/mol. The van der Waals surface area contributed by atoms with Crippen LogP contribution in [0.5, 0.6) is 0 Å². The number of anilines is 1. The number of alkyl halides is 3. The first kappa shape index (κ1) is 21.1. The summed E-state index contributed by atoms with van der Waals surface area (Å²) in [5.74, 6) is 0.123. The van der Waals surface area contributed by atoms with Crippen molar-refractivity contribution in [2.75, 3.05) is 32.5 Å². The number of carbonyl (C=O) groups is 1. The average Bonchev–Trinajstić information content (AvgIpc) is 3.31. The maximum absolute atomic E-state index is 12.8. The van der Waals surface area contributed by atoms with E-state index in [1.165, 1.54) is 21.6 Å². The van der Waals surface area contributed by atoms with E-state index in [1.54, 1.807) is 19.0 Å². The van der Waals surface area contributed by atoms with E-state index in [9.17, 15) is 18.0 Å². The minimum atomic E-state index is -4.44. The summed E-state index contributed by atoms with van der Waals surface area (Å²) in [7, 11) is 3.29. The number of fused-ring (bicyclic) bond motifs is 1. The van der Waals surface area contributed by atoms with Crippen molar-refractivity contribution < 1.29 is 27.1 Å². The smallest absolute Gasteiger partial charge is 0.416 e. The van der Waals surface area contributed by atoms with Gasteiger partial charge in [0.05, 0.1) is 5.56 Å². The Labute approximate surface area is 179 Å². The summed E-state index contributed by atoms with van der Waals surface area (Å²) in [4.78, 5) is 20.1. The van der Waals surface area contributed by atoms with Gasteiger partial charge in [-0.2, -0.15) is 18.2 Å². The van der Waals surface area contributed by atoms with Crippen LogP contribution in [0.1, 0.15) is 21.9 Å². The lowest BCUT2D eigenvalue weighted by atomic mass is 10.1. The second kappa shape index (κ2) is 7.85. The van der Waals surface area contributed by atoms with E-state index >= 15 is 0 Å². The van der Waals surface area contributed by atoms with Crippen LogP contribution in [0.2, 0.25) is 5.28 Å². The number of aromatic nitrogens is 4. The van der Waals surface area contributed by atoms with Crippen molar-refractivity contribution in [3.63, 3.8) is 0 Å². The average molecular weight is 457 g/mol. The van der Waals surface area contributed by atoms with Gasteiger partial charge in [0.15, 0.2) is 11.5 Å². The van der Waals surface area contributed by atoms with Crippen LogP contribution >= 0.6 is 11.6 Å². The lowest BCUT2D eigenvalue weighted by Gasteiger charge is -2.26. The molecule has 0 N–H and O–H groups in total. The normalized spacial score (nSPS) is 15.1. The second-order valence-corrected chi connectivity index (χ2v) is 7.22. The fraction of sp³-hybridized carbons (Fsp3) is 0.333. The molecule has 0 aliphatic carbocycles. The standard InChI is InChI=1S/C18H16ClF3N6O3/c1-26-8-30-9-27(2)16(29)13-14(26)23-17(19)28(13)7-12-24-25-15(31-12)10-3-5-11(6-4-10)18(20,21)22/h3-6H,7-9H2,1-2H3. The van der Waals surface area contributed by atoms with Gasteiger partial charge in [-0.15, -0.1) is 10.2 Å². The van der Waals surface area contributed by atoms with Crippen molar-refractivity contribution >= 4 is 23.3 Å². The molecule has 1 amide bonds. The van der Waals surface area contributed by atoms with Gasteiger partial charge in [0.1, 0.15) is 20.0 Å². The highest BCUT2D eigenvalue weighted by Crippen LogP contribution is 2.31. The van der Waals surface area contributed by atoms with E-state index in [0.717, 1.165) is 12.1 Å². The van der Waals surface area contributed by atoms with E-state index in [1.807, 2.05) is 0 Å². The molecule has 0 bridgehead atoms. The summed E-state index contributed by atoms with van der Waals surface area (Å²) >= 11 is 6.27. The zero-order valence-electron chi connectivity index (χ0n) is 16.4. The molecule has 3 aromatic rings. The van der Waals surface area contributed by atoms with E-state index in [-0.39, 0.29) is 48.7 Å². The van der Waals surface area contributed by atoms with Crippen molar-refractivity contribution in [2.24, 2.45) is 0 Å². The molecule has 0 fully saturated rings. The number of ether oxygens (including phenoxy) is 1.